The Balaban J connectivity index is 3.92. The fraction of sp³-hybridized carbons (Fsp3) is 1.00. The lowest BCUT2D eigenvalue weighted by atomic mass is 10.0. The molecule has 0 spiro atoms. The molecule has 0 aliphatic carbocycles. The van der Waals surface area contributed by atoms with E-state index in [2.05, 4.69) is 5.43 Å². The lowest BCUT2D eigenvalue weighted by molar-refractivity contribution is 0.149. The quantitative estimate of drug-likeness (QED) is 0.457. The maximum Gasteiger partial charge on any atom is 0.147 e. The largest absolute Gasteiger partial charge is 0.384 e. The van der Waals surface area contributed by atoms with Crippen LogP contribution in [-0.4, -0.2) is 40.2 Å². The smallest absolute Gasteiger partial charge is 0.147 e. The third kappa shape index (κ3) is 8.80. The van der Waals surface area contributed by atoms with Crippen LogP contribution in [0.4, 0.5) is 0 Å². The Morgan fingerprint density at radius 3 is 2.47 bits per heavy atom. The Kier molecular flexibility index (Phi) is 7.08. The van der Waals surface area contributed by atoms with E-state index in [0.29, 0.717) is 18.9 Å². The van der Waals surface area contributed by atoms with Crippen molar-refractivity contribution in [2.24, 2.45) is 11.8 Å². The molecule has 0 saturated heterocycles. The summed E-state index contributed by atoms with van der Waals surface area (Å²) in [6, 6.07) is 0.0323. The molecule has 0 aliphatic heterocycles. The van der Waals surface area contributed by atoms with Crippen LogP contribution in [0.1, 0.15) is 19.8 Å². The third-order valence-corrected chi connectivity index (χ3v) is 3.19. The summed E-state index contributed by atoms with van der Waals surface area (Å²) in [5, 5.41) is 0. The van der Waals surface area contributed by atoms with E-state index >= 15 is 0 Å². The number of hydrogen-bond acceptors (Lipinski definition) is 5. The van der Waals surface area contributed by atoms with Crippen LogP contribution in [0.15, 0.2) is 0 Å². The Morgan fingerprint density at radius 1 is 1.47 bits per heavy atom. The molecule has 0 bridgehead atoms. The monoisotopic (exact) mass is 238 g/mol. The zero-order valence-electron chi connectivity index (χ0n) is 9.69. The van der Waals surface area contributed by atoms with E-state index in [4.69, 9.17) is 10.6 Å². The van der Waals surface area contributed by atoms with Gasteiger partial charge in [-0.15, -0.1) is 0 Å². The Morgan fingerprint density at radius 2 is 2.07 bits per heavy atom. The van der Waals surface area contributed by atoms with Crippen LogP contribution in [0.2, 0.25) is 0 Å². The van der Waals surface area contributed by atoms with Gasteiger partial charge in [-0.2, -0.15) is 0 Å². The Labute approximate surface area is 92.3 Å². The van der Waals surface area contributed by atoms with Gasteiger partial charge in [0.15, 0.2) is 0 Å². The summed E-state index contributed by atoms with van der Waals surface area (Å²) in [6.45, 7) is 2.71. The second-order valence-electron chi connectivity index (χ2n) is 4.08. The highest BCUT2D eigenvalue weighted by atomic mass is 32.2. The second-order valence-corrected chi connectivity index (χ2v) is 6.34. The van der Waals surface area contributed by atoms with E-state index in [1.54, 1.807) is 7.11 Å². The number of rotatable bonds is 8. The number of methoxy groups -OCH3 is 1. The summed E-state index contributed by atoms with van der Waals surface area (Å²) >= 11 is 0. The highest BCUT2D eigenvalue weighted by molar-refractivity contribution is 7.90. The van der Waals surface area contributed by atoms with Crippen molar-refractivity contribution in [3.63, 3.8) is 0 Å². The van der Waals surface area contributed by atoms with Crippen molar-refractivity contribution in [2.45, 2.75) is 25.8 Å². The maximum atomic E-state index is 11.0. The molecule has 0 rings (SSSR count). The van der Waals surface area contributed by atoms with Crippen molar-refractivity contribution in [1.82, 2.24) is 5.43 Å². The first-order valence-electron chi connectivity index (χ1n) is 5.01. The van der Waals surface area contributed by atoms with Gasteiger partial charge in [0.05, 0.1) is 5.75 Å². The zero-order valence-corrected chi connectivity index (χ0v) is 10.5. The van der Waals surface area contributed by atoms with Gasteiger partial charge >= 0.3 is 0 Å². The molecule has 92 valence electrons. The van der Waals surface area contributed by atoms with Crippen molar-refractivity contribution in [3.8, 4) is 0 Å². The molecule has 2 atom stereocenters. The van der Waals surface area contributed by atoms with Crippen molar-refractivity contribution in [3.05, 3.63) is 0 Å². The SMILES string of the molecule is COCC(C)CC(CCS(C)(=O)=O)NN. The van der Waals surface area contributed by atoms with E-state index in [9.17, 15) is 8.42 Å². The molecule has 0 aromatic rings. The summed E-state index contributed by atoms with van der Waals surface area (Å²) in [7, 11) is -1.25. The van der Waals surface area contributed by atoms with Crippen LogP contribution in [0, 0.1) is 5.92 Å². The van der Waals surface area contributed by atoms with Crippen LogP contribution in [0.5, 0.6) is 0 Å². The molecular weight excluding hydrogens is 216 g/mol. The highest BCUT2D eigenvalue weighted by Gasteiger charge is 2.14. The van der Waals surface area contributed by atoms with Crippen LogP contribution in [0.25, 0.3) is 0 Å². The molecule has 0 amide bonds. The third-order valence-electron chi connectivity index (χ3n) is 2.21. The summed E-state index contributed by atoms with van der Waals surface area (Å²) in [6.07, 6.45) is 2.60. The van der Waals surface area contributed by atoms with Gasteiger partial charge in [-0.3, -0.25) is 11.3 Å². The normalized spacial score (nSPS) is 16.3. The average Bonchev–Trinajstić information content (AvgIpc) is 2.11. The molecule has 2 unspecified atom stereocenters. The van der Waals surface area contributed by atoms with Gasteiger partial charge in [-0.05, 0) is 18.8 Å². The van der Waals surface area contributed by atoms with E-state index in [1.807, 2.05) is 6.92 Å². The van der Waals surface area contributed by atoms with Gasteiger partial charge in [0, 0.05) is 26.0 Å². The number of hydrazine groups is 1. The minimum absolute atomic E-state index is 0.0323. The predicted molar refractivity (Wildman–Crippen MR) is 61.1 cm³/mol. The standard InChI is InChI=1S/C9H22N2O3S/c1-8(7-14-2)6-9(11-10)4-5-15(3,12)13/h8-9,11H,4-7,10H2,1-3H3. The van der Waals surface area contributed by atoms with Crippen LogP contribution < -0.4 is 11.3 Å². The fourth-order valence-corrected chi connectivity index (χ4v) is 2.18. The highest BCUT2D eigenvalue weighted by Crippen LogP contribution is 2.09. The van der Waals surface area contributed by atoms with E-state index in [1.165, 1.54) is 6.26 Å². The zero-order chi connectivity index (χ0) is 11.9. The molecule has 3 N–H and O–H groups in total. The number of ether oxygens (including phenoxy) is 1. The molecule has 0 aromatic heterocycles. The molecule has 0 aliphatic rings. The molecule has 0 saturated carbocycles. The number of nitrogens with two attached hydrogens (primary N) is 1. The van der Waals surface area contributed by atoms with Crippen LogP contribution in [0.3, 0.4) is 0 Å². The summed E-state index contributed by atoms with van der Waals surface area (Å²) in [5.41, 5.74) is 2.64. The molecule has 0 aromatic carbocycles. The molecule has 5 nitrogen and oxygen atoms in total. The van der Waals surface area contributed by atoms with Gasteiger partial charge in [0.1, 0.15) is 9.84 Å². The molecule has 0 heterocycles. The van der Waals surface area contributed by atoms with Crippen molar-refractivity contribution in [1.29, 1.82) is 0 Å². The van der Waals surface area contributed by atoms with Crippen LogP contribution >= 0.6 is 0 Å². The van der Waals surface area contributed by atoms with E-state index < -0.39 is 9.84 Å². The Hall–Kier alpha value is -0.170. The molecule has 0 radical (unpaired) electrons. The van der Waals surface area contributed by atoms with Gasteiger partial charge in [-0.25, -0.2) is 8.42 Å². The first-order chi connectivity index (χ1) is 6.89. The molecular formula is C9H22N2O3S. The predicted octanol–water partition coefficient (Wildman–Crippen LogP) is -0.0744. The lowest BCUT2D eigenvalue weighted by Gasteiger charge is -2.19. The molecule has 6 heteroatoms. The second kappa shape index (κ2) is 7.16. The lowest BCUT2D eigenvalue weighted by Crippen LogP contribution is -2.38. The first-order valence-corrected chi connectivity index (χ1v) is 7.08. The van der Waals surface area contributed by atoms with Gasteiger partial charge in [-0.1, -0.05) is 6.92 Å². The number of hydrogen-bond donors (Lipinski definition) is 2. The van der Waals surface area contributed by atoms with Gasteiger partial charge in [0.2, 0.25) is 0 Å². The summed E-state index contributed by atoms with van der Waals surface area (Å²) in [5.74, 6) is 5.90. The van der Waals surface area contributed by atoms with Crippen molar-refractivity contribution in [2.75, 3.05) is 25.7 Å². The summed E-state index contributed by atoms with van der Waals surface area (Å²) < 4.78 is 26.9. The van der Waals surface area contributed by atoms with E-state index in [0.717, 1.165) is 6.42 Å². The van der Waals surface area contributed by atoms with Crippen LogP contribution in [-0.2, 0) is 14.6 Å². The van der Waals surface area contributed by atoms with Gasteiger partial charge < -0.3 is 4.74 Å². The number of sulfone groups is 1. The minimum Gasteiger partial charge on any atom is -0.384 e. The van der Waals surface area contributed by atoms with Crippen molar-refractivity contribution < 1.29 is 13.2 Å². The molecule has 0 fully saturated rings. The average molecular weight is 238 g/mol. The minimum atomic E-state index is -2.90. The topological polar surface area (TPSA) is 81.4 Å². The first kappa shape index (κ1) is 14.8. The maximum absolute atomic E-state index is 11.0. The van der Waals surface area contributed by atoms with E-state index in [-0.39, 0.29) is 11.8 Å². The fourth-order valence-electron chi connectivity index (χ4n) is 1.46. The van der Waals surface area contributed by atoms with Gasteiger partial charge in [0.25, 0.3) is 0 Å². The molecule has 15 heavy (non-hydrogen) atoms. The number of nitrogens with one attached hydrogen (secondary N) is 1. The summed E-state index contributed by atoms with van der Waals surface area (Å²) in [4.78, 5) is 0. The Bertz CT molecular complexity index is 254. The van der Waals surface area contributed by atoms with Crippen molar-refractivity contribution >= 4 is 9.84 Å².